The monoisotopic (exact) mass is 336 g/mol. The molecule has 2 N–H and O–H groups in total. The molecule has 24 heavy (non-hydrogen) atoms. The van der Waals surface area contributed by atoms with Crippen LogP contribution in [0.3, 0.4) is 0 Å². The molecule has 0 atom stereocenters. The number of rotatable bonds is 9. The van der Waals surface area contributed by atoms with Crippen LogP contribution in [0, 0.1) is 11.3 Å². The van der Waals surface area contributed by atoms with Gasteiger partial charge in [-0.05, 0) is 45.8 Å². The molecule has 7 heteroatoms. The van der Waals surface area contributed by atoms with Crippen molar-refractivity contribution in [2.75, 3.05) is 33.7 Å². The Morgan fingerprint density at radius 3 is 2.58 bits per heavy atom. The first-order valence-corrected chi connectivity index (χ1v) is 8.46. The predicted molar refractivity (Wildman–Crippen MR) is 91.1 cm³/mol. The summed E-state index contributed by atoms with van der Waals surface area (Å²) in [4.78, 5) is 26.7. The molecule has 0 unspecified atom stereocenters. The summed E-state index contributed by atoms with van der Waals surface area (Å²) < 4.78 is 0. The molecule has 1 fully saturated rings. The average molecular weight is 336 g/mol. The van der Waals surface area contributed by atoms with Crippen LogP contribution in [0.1, 0.15) is 38.5 Å². The lowest BCUT2D eigenvalue weighted by Gasteiger charge is -2.34. The number of nitriles is 1. The third-order valence-electron chi connectivity index (χ3n) is 4.31. The maximum Gasteiger partial charge on any atom is 0.303 e. The Labute approximate surface area is 143 Å². The topological polar surface area (TPSA) is 96.7 Å². The Hall–Kier alpha value is -2.07. The molecule has 0 saturated carbocycles. The van der Waals surface area contributed by atoms with Crippen LogP contribution >= 0.6 is 0 Å². The summed E-state index contributed by atoms with van der Waals surface area (Å²) in [6.07, 6.45) is 5.89. The number of unbranched alkanes of at least 4 members (excludes halogenated alkanes) is 2. The highest BCUT2D eigenvalue weighted by molar-refractivity contribution is 5.97. The van der Waals surface area contributed by atoms with E-state index < -0.39 is 5.97 Å². The summed E-state index contributed by atoms with van der Waals surface area (Å²) >= 11 is 0. The van der Waals surface area contributed by atoms with Gasteiger partial charge in [-0.15, -0.1) is 0 Å². The van der Waals surface area contributed by atoms with E-state index in [0.717, 1.165) is 32.4 Å². The molecule has 1 heterocycles. The van der Waals surface area contributed by atoms with Crippen LogP contribution in [0.15, 0.2) is 11.8 Å². The van der Waals surface area contributed by atoms with Crippen molar-refractivity contribution in [3.05, 3.63) is 11.8 Å². The Balaban J connectivity index is 2.36. The minimum absolute atomic E-state index is 0.113. The van der Waals surface area contributed by atoms with E-state index in [4.69, 9.17) is 5.11 Å². The number of carbonyl (C=O) groups is 2. The molecule has 1 amide bonds. The molecule has 0 radical (unpaired) electrons. The zero-order valence-corrected chi connectivity index (χ0v) is 14.6. The molecule has 1 aliphatic heterocycles. The number of likely N-dealkylation sites (tertiary alicyclic amines) is 1. The van der Waals surface area contributed by atoms with E-state index in [1.54, 1.807) is 6.20 Å². The molecule has 0 bridgehead atoms. The number of piperidine rings is 1. The van der Waals surface area contributed by atoms with Gasteiger partial charge >= 0.3 is 5.97 Å². The average Bonchev–Trinajstić information content (AvgIpc) is 2.55. The first-order chi connectivity index (χ1) is 11.4. The summed E-state index contributed by atoms with van der Waals surface area (Å²) in [7, 11) is 4.00. The van der Waals surface area contributed by atoms with Gasteiger partial charge in [0, 0.05) is 32.3 Å². The zero-order chi connectivity index (χ0) is 17.9. The van der Waals surface area contributed by atoms with Crippen LogP contribution in [0.2, 0.25) is 0 Å². The predicted octanol–water partition coefficient (Wildman–Crippen LogP) is 1.18. The molecule has 0 aliphatic carbocycles. The Morgan fingerprint density at radius 2 is 2.00 bits per heavy atom. The lowest BCUT2D eigenvalue weighted by Crippen LogP contribution is -2.40. The van der Waals surface area contributed by atoms with E-state index in [9.17, 15) is 14.9 Å². The normalized spacial score (nSPS) is 16.5. The molecular formula is C17H28N4O3. The van der Waals surface area contributed by atoms with Gasteiger partial charge in [0.15, 0.2) is 0 Å². The van der Waals surface area contributed by atoms with Crippen molar-refractivity contribution in [1.29, 1.82) is 5.26 Å². The molecule has 1 saturated heterocycles. The molecule has 7 nitrogen and oxygen atoms in total. The second-order valence-electron chi connectivity index (χ2n) is 6.31. The minimum Gasteiger partial charge on any atom is -0.481 e. The number of carbonyl (C=O) groups excluding carboxylic acids is 1. The van der Waals surface area contributed by atoms with E-state index in [0.29, 0.717) is 25.4 Å². The molecule has 0 aromatic rings. The second-order valence-corrected chi connectivity index (χ2v) is 6.31. The third kappa shape index (κ3) is 7.47. The van der Waals surface area contributed by atoms with E-state index in [1.165, 1.54) is 0 Å². The van der Waals surface area contributed by atoms with Crippen molar-refractivity contribution in [3.63, 3.8) is 0 Å². The summed E-state index contributed by atoms with van der Waals surface area (Å²) in [6, 6.07) is 2.32. The molecule has 0 aromatic carbocycles. The van der Waals surface area contributed by atoms with Crippen molar-refractivity contribution in [2.24, 2.45) is 0 Å². The highest BCUT2D eigenvalue weighted by Crippen LogP contribution is 2.15. The molecule has 1 aliphatic rings. The number of hydrogen-bond donors (Lipinski definition) is 2. The van der Waals surface area contributed by atoms with Crippen LogP contribution in [0.5, 0.6) is 0 Å². The molecule has 0 aromatic heterocycles. The van der Waals surface area contributed by atoms with E-state index >= 15 is 0 Å². The fourth-order valence-corrected chi connectivity index (χ4v) is 2.72. The van der Waals surface area contributed by atoms with Crippen LogP contribution in [-0.2, 0) is 9.59 Å². The van der Waals surface area contributed by atoms with Crippen LogP contribution in [0.25, 0.3) is 0 Å². The Bertz CT molecular complexity index is 491. The standard InChI is InChI=1S/C17H28N4O3/c1-20-10-7-15(8-11-20)21(2)13-14(12-18)17(24)19-9-5-3-4-6-16(22)23/h13,15H,3-11H2,1-2H3,(H,19,24)(H,22,23)/b14-13-. The molecule has 134 valence electrons. The van der Waals surface area contributed by atoms with Gasteiger partial charge in [-0.25, -0.2) is 0 Å². The van der Waals surface area contributed by atoms with Gasteiger partial charge in [-0.2, -0.15) is 5.26 Å². The number of hydrogen-bond acceptors (Lipinski definition) is 5. The smallest absolute Gasteiger partial charge is 0.303 e. The van der Waals surface area contributed by atoms with Crippen LogP contribution < -0.4 is 5.32 Å². The van der Waals surface area contributed by atoms with Gasteiger partial charge in [0.1, 0.15) is 11.6 Å². The summed E-state index contributed by atoms with van der Waals surface area (Å²) in [5.41, 5.74) is 0.113. The summed E-state index contributed by atoms with van der Waals surface area (Å²) in [5, 5.41) is 20.5. The van der Waals surface area contributed by atoms with Crippen LogP contribution in [0.4, 0.5) is 0 Å². The van der Waals surface area contributed by atoms with E-state index in [1.807, 2.05) is 18.0 Å². The van der Waals surface area contributed by atoms with E-state index in [-0.39, 0.29) is 17.9 Å². The van der Waals surface area contributed by atoms with E-state index in [2.05, 4.69) is 17.3 Å². The first kappa shape index (κ1) is 20.0. The lowest BCUT2D eigenvalue weighted by molar-refractivity contribution is -0.137. The van der Waals surface area contributed by atoms with Crippen molar-refractivity contribution in [3.8, 4) is 6.07 Å². The Kier molecular flexibility index (Phi) is 8.87. The van der Waals surface area contributed by atoms with Gasteiger partial charge < -0.3 is 20.2 Å². The number of carboxylic acid groups (broad SMARTS) is 1. The highest BCUT2D eigenvalue weighted by atomic mass is 16.4. The lowest BCUT2D eigenvalue weighted by atomic mass is 10.0. The quantitative estimate of drug-likeness (QED) is 0.373. The van der Waals surface area contributed by atoms with Gasteiger partial charge in [-0.1, -0.05) is 6.42 Å². The second kappa shape index (κ2) is 10.7. The molecule has 0 spiro atoms. The van der Waals surface area contributed by atoms with Crippen molar-refractivity contribution >= 4 is 11.9 Å². The SMILES string of the molecule is CN1CCC(N(C)/C=C(/C#N)C(=O)NCCCCCC(=O)O)CC1. The first-order valence-electron chi connectivity index (χ1n) is 8.46. The summed E-state index contributed by atoms with van der Waals surface area (Å²) in [6.45, 7) is 2.50. The fourth-order valence-electron chi connectivity index (χ4n) is 2.72. The van der Waals surface area contributed by atoms with Crippen molar-refractivity contribution < 1.29 is 14.7 Å². The third-order valence-corrected chi connectivity index (χ3v) is 4.31. The molecule has 1 rings (SSSR count). The largest absolute Gasteiger partial charge is 0.481 e. The maximum absolute atomic E-state index is 12.1. The Morgan fingerprint density at radius 1 is 1.33 bits per heavy atom. The fraction of sp³-hybridized carbons (Fsp3) is 0.706. The van der Waals surface area contributed by atoms with Gasteiger partial charge in [0.25, 0.3) is 5.91 Å². The highest BCUT2D eigenvalue weighted by Gasteiger charge is 2.20. The number of nitrogens with one attached hydrogen (secondary N) is 1. The maximum atomic E-state index is 12.1. The van der Waals surface area contributed by atoms with Gasteiger partial charge in [0.05, 0.1) is 0 Å². The number of nitrogens with zero attached hydrogens (tertiary/aromatic N) is 3. The number of aliphatic carboxylic acids is 1. The number of carboxylic acids is 1. The number of amides is 1. The van der Waals surface area contributed by atoms with Crippen LogP contribution in [-0.4, -0.2) is 66.6 Å². The minimum atomic E-state index is -0.800. The van der Waals surface area contributed by atoms with Crippen molar-refractivity contribution in [1.82, 2.24) is 15.1 Å². The van der Waals surface area contributed by atoms with Gasteiger partial charge in [0.2, 0.25) is 0 Å². The van der Waals surface area contributed by atoms with Gasteiger partial charge in [-0.3, -0.25) is 9.59 Å². The zero-order valence-electron chi connectivity index (χ0n) is 14.6. The summed E-state index contributed by atoms with van der Waals surface area (Å²) in [5.74, 6) is -1.17. The van der Waals surface area contributed by atoms with Crippen molar-refractivity contribution in [2.45, 2.75) is 44.6 Å². The molecular weight excluding hydrogens is 308 g/mol.